The zero-order valence-electron chi connectivity index (χ0n) is 18.5. The molecule has 0 saturated carbocycles. The van der Waals surface area contributed by atoms with E-state index < -0.39 is 6.10 Å². The number of hydrazone groups is 1. The lowest BCUT2D eigenvalue weighted by Crippen LogP contribution is -2.18. The lowest BCUT2D eigenvalue weighted by molar-refractivity contribution is -0.121. The van der Waals surface area contributed by atoms with Gasteiger partial charge in [-0.15, -0.1) is 0 Å². The van der Waals surface area contributed by atoms with Crippen LogP contribution in [0.5, 0.6) is 5.75 Å². The average Bonchev–Trinajstić information content (AvgIpc) is 2.87. The number of hydrogen-bond donors (Lipinski definition) is 2. The fourth-order valence-corrected chi connectivity index (χ4v) is 4.14. The number of fused-ring (bicyclic) bond motifs is 1. The highest BCUT2D eigenvalue weighted by molar-refractivity contribution is 9.10. The van der Waals surface area contributed by atoms with E-state index in [1.54, 1.807) is 6.21 Å². The van der Waals surface area contributed by atoms with Crippen LogP contribution < -0.4 is 10.2 Å². The molecule has 0 aromatic heterocycles. The summed E-state index contributed by atoms with van der Waals surface area (Å²) in [6, 6.07) is 29.4. The molecule has 0 unspecified atom stereocenters. The number of nitrogens with one attached hydrogen (secondary N) is 1. The van der Waals surface area contributed by atoms with Gasteiger partial charge in [-0.05, 0) is 68.0 Å². The van der Waals surface area contributed by atoms with E-state index in [2.05, 4.69) is 50.7 Å². The Morgan fingerprint density at radius 3 is 2.59 bits per heavy atom. The molecule has 4 aromatic rings. The number of benzene rings is 4. The minimum atomic E-state index is -0.673. The number of carbonyl (C=O) groups is 1. The molecular weight excluding hydrogens is 492 g/mol. The highest BCUT2D eigenvalue weighted by Crippen LogP contribution is 2.27. The Bertz CT molecular complexity index is 1290. The van der Waals surface area contributed by atoms with Crippen LogP contribution >= 0.6 is 15.9 Å². The number of nitrogens with zero attached hydrogens (tertiary/aromatic N) is 1. The topological polar surface area (TPSA) is 70.9 Å². The molecule has 0 radical (unpaired) electrons. The van der Waals surface area contributed by atoms with E-state index in [1.807, 2.05) is 66.7 Å². The molecule has 0 spiro atoms. The van der Waals surface area contributed by atoms with Gasteiger partial charge in [0.15, 0.2) is 0 Å². The number of halogens is 1. The molecule has 0 saturated heterocycles. The zero-order valence-corrected chi connectivity index (χ0v) is 20.1. The summed E-state index contributed by atoms with van der Waals surface area (Å²) in [7, 11) is 0. The summed E-state index contributed by atoms with van der Waals surface area (Å²) in [6.45, 7) is 0.457. The van der Waals surface area contributed by atoms with Crippen molar-refractivity contribution in [3.05, 3.63) is 112 Å². The summed E-state index contributed by atoms with van der Waals surface area (Å²) < 4.78 is 6.83. The molecule has 34 heavy (non-hydrogen) atoms. The van der Waals surface area contributed by atoms with Crippen LogP contribution in [0.2, 0.25) is 0 Å². The number of aliphatic hydroxyl groups is 1. The minimum absolute atomic E-state index is 0.179. The summed E-state index contributed by atoms with van der Waals surface area (Å²) in [5.74, 6) is 0.476. The Labute approximate surface area is 207 Å². The second-order valence-corrected chi connectivity index (χ2v) is 8.73. The second-order valence-electron chi connectivity index (χ2n) is 7.88. The molecule has 4 aromatic carbocycles. The van der Waals surface area contributed by atoms with E-state index in [-0.39, 0.29) is 12.3 Å². The Kier molecular flexibility index (Phi) is 8.07. The van der Waals surface area contributed by atoms with E-state index in [9.17, 15) is 9.90 Å². The number of aliphatic hydroxyl groups excluding tert-OH is 1. The molecule has 6 heteroatoms. The number of amides is 1. The summed E-state index contributed by atoms with van der Waals surface area (Å²) in [6.07, 6.45) is 1.41. The van der Waals surface area contributed by atoms with E-state index in [0.717, 1.165) is 26.9 Å². The van der Waals surface area contributed by atoms with Crippen LogP contribution in [0.15, 0.2) is 101 Å². The van der Waals surface area contributed by atoms with Crippen molar-refractivity contribution >= 4 is 38.8 Å². The fraction of sp³-hybridized carbons (Fsp3) is 0.143. The maximum absolute atomic E-state index is 12.0. The maximum Gasteiger partial charge on any atom is 0.240 e. The first kappa shape index (κ1) is 23.7. The maximum atomic E-state index is 12.0. The highest BCUT2D eigenvalue weighted by atomic mass is 79.9. The molecular formula is C28H25BrN2O3. The molecule has 1 amide bonds. The van der Waals surface area contributed by atoms with Gasteiger partial charge in [0.05, 0.1) is 16.8 Å². The van der Waals surface area contributed by atoms with Gasteiger partial charge in [0.2, 0.25) is 5.91 Å². The number of rotatable bonds is 9. The van der Waals surface area contributed by atoms with Gasteiger partial charge in [0, 0.05) is 6.42 Å². The summed E-state index contributed by atoms with van der Waals surface area (Å²) >= 11 is 3.55. The van der Waals surface area contributed by atoms with Crippen LogP contribution in [0.3, 0.4) is 0 Å². The molecule has 0 fully saturated rings. The van der Waals surface area contributed by atoms with Crippen LogP contribution in [0, 0.1) is 0 Å². The van der Waals surface area contributed by atoms with Gasteiger partial charge in [0.1, 0.15) is 12.4 Å². The van der Waals surface area contributed by atoms with Crippen LogP contribution in [0.25, 0.3) is 10.8 Å². The first-order valence-electron chi connectivity index (χ1n) is 11.0. The van der Waals surface area contributed by atoms with Crippen molar-refractivity contribution in [3.63, 3.8) is 0 Å². The van der Waals surface area contributed by atoms with E-state index in [0.29, 0.717) is 13.0 Å². The predicted molar refractivity (Wildman–Crippen MR) is 139 cm³/mol. The van der Waals surface area contributed by atoms with E-state index in [4.69, 9.17) is 4.74 Å². The van der Waals surface area contributed by atoms with Gasteiger partial charge in [0.25, 0.3) is 0 Å². The highest BCUT2D eigenvalue weighted by Gasteiger charge is 2.10. The number of carbonyl (C=O) groups excluding carboxylic acids is 1. The smallest absolute Gasteiger partial charge is 0.240 e. The van der Waals surface area contributed by atoms with E-state index in [1.165, 1.54) is 10.8 Å². The largest absolute Gasteiger partial charge is 0.488 e. The fourth-order valence-electron chi connectivity index (χ4n) is 3.63. The van der Waals surface area contributed by atoms with Crippen molar-refractivity contribution in [1.82, 2.24) is 5.43 Å². The first-order valence-corrected chi connectivity index (χ1v) is 11.8. The molecule has 0 heterocycles. The minimum Gasteiger partial charge on any atom is -0.488 e. The van der Waals surface area contributed by atoms with Crippen molar-refractivity contribution in [1.29, 1.82) is 0 Å². The van der Waals surface area contributed by atoms with Crippen molar-refractivity contribution in [3.8, 4) is 5.75 Å². The molecule has 0 aliphatic heterocycles. The Morgan fingerprint density at radius 2 is 1.76 bits per heavy atom. The predicted octanol–water partition coefficient (Wildman–Crippen LogP) is 6.15. The average molecular weight is 517 g/mol. The van der Waals surface area contributed by atoms with Gasteiger partial charge in [-0.2, -0.15) is 5.10 Å². The monoisotopic (exact) mass is 516 g/mol. The van der Waals surface area contributed by atoms with Crippen LogP contribution in [-0.2, 0) is 11.4 Å². The first-order chi connectivity index (χ1) is 16.6. The summed E-state index contributed by atoms with van der Waals surface area (Å²) in [5.41, 5.74) is 5.24. The van der Waals surface area contributed by atoms with Gasteiger partial charge in [-0.3, -0.25) is 4.79 Å². The summed E-state index contributed by atoms with van der Waals surface area (Å²) in [5, 5.41) is 16.5. The molecule has 5 nitrogen and oxygen atoms in total. The van der Waals surface area contributed by atoms with Gasteiger partial charge in [-0.25, -0.2) is 5.43 Å². The van der Waals surface area contributed by atoms with Crippen LogP contribution in [0.1, 0.15) is 35.6 Å². The lowest BCUT2D eigenvalue weighted by atomic mass is 10.1. The quantitative estimate of drug-likeness (QED) is 0.207. The molecule has 2 N–H and O–H groups in total. The third-order valence-corrected chi connectivity index (χ3v) is 6.07. The number of hydrogen-bond acceptors (Lipinski definition) is 4. The third-order valence-electron chi connectivity index (χ3n) is 5.45. The Hall–Kier alpha value is -3.48. The standard InChI is InChI=1S/C28H25BrN2O3/c29-25-17-20(18-30-31-28(33)16-14-26(32)22-8-2-1-3-9-22)13-15-27(25)34-19-23-11-6-10-21-7-4-5-12-24(21)23/h1-13,15,17-18,26,32H,14,16,19H2,(H,31,33)/b30-18-/t26-/m1/s1. The molecule has 0 aliphatic rings. The van der Waals surface area contributed by atoms with Gasteiger partial charge < -0.3 is 9.84 Å². The van der Waals surface area contributed by atoms with Crippen molar-refractivity contribution < 1.29 is 14.6 Å². The van der Waals surface area contributed by atoms with Crippen LogP contribution in [0.4, 0.5) is 0 Å². The van der Waals surface area contributed by atoms with Gasteiger partial charge >= 0.3 is 0 Å². The molecule has 4 rings (SSSR count). The Morgan fingerprint density at radius 1 is 1.00 bits per heavy atom. The van der Waals surface area contributed by atoms with Gasteiger partial charge in [-0.1, -0.05) is 72.8 Å². The lowest BCUT2D eigenvalue weighted by Gasteiger charge is -2.11. The van der Waals surface area contributed by atoms with Crippen LogP contribution in [-0.4, -0.2) is 17.2 Å². The molecule has 172 valence electrons. The van der Waals surface area contributed by atoms with Crippen molar-refractivity contribution in [2.75, 3.05) is 0 Å². The summed E-state index contributed by atoms with van der Waals surface area (Å²) in [4.78, 5) is 12.0. The van der Waals surface area contributed by atoms with Crippen molar-refractivity contribution in [2.45, 2.75) is 25.6 Å². The van der Waals surface area contributed by atoms with Crippen molar-refractivity contribution in [2.24, 2.45) is 5.10 Å². The molecule has 0 bridgehead atoms. The number of ether oxygens (including phenoxy) is 1. The SMILES string of the molecule is O=C(CC[C@@H](O)c1ccccc1)N/N=C\c1ccc(OCc2cccc3ccccc23)c(Br)c1. The Balaban J connectivity index is 1.28. The third kappa shape index (κ3) is 6.31. The van der Waals surface area contributed by atoms with E-state index >= 15 is 0 Å². The molecule has 1 atom stereocenters. The molecule has 0 aliphatic carbocycles. The second kappa shape index (κ2) is 11.6. The zero-order chi connectivity index (χ0) is 23.8. The normalized spacial score (nSPS) is 12.1.